The average molecular weight is 518 g/mol. The van der Waals surface area contributed by atoms with Gasteiger partial charge in [-0.25, -0.2) is 0 Å². The number of hydrogen-bond acceptors (Lipinski definition) is 5. The van der Waals surface area contributed by atoms with Crippen LogP contribution in [0.15, 0.2) is 48.5 Å². The predicted molar refractivity (Wildman–Crippen MR) is 163 cm³/mol. The van der Waals surface area contributed by atoms with Gasteiger partial charge >= 0.3 is 0 Å². The average Bonchev–Trinajstić information content (AvgIpc) is 2.92. The Morgan fingerprint density at radius 1 is 0.711 bits per heavy atom. The van der Waals surface area contributed by atoms with Crippen LogP contribution in [0.5, 0.6) is 0 Å². The molecule has 0 atom stereocenters. The first kappa shape index (κ1) is 29.5. The molecule has 3 rings (SSSR count). The van der Waals surface area contributed by atoms with E-state index in [2.05, 4.69) is 99.9 Å². The number of benzene rings is 3. The highest BCUT2D eigenvalue weighted by molar-refractivity contribution is 5.65. The molecule has 0 aliphatic heterocycles. The summed E-state index contributed by atoms with van der Waals surface area (Å²) in [5.41, 5.74) is 18.6. The monoisotopic (exact) mass is 517 g/mol. The van der Waals surface area contributed by atoms with E-state index in [4.69, 9.17) is 5.73 Å². The second kappa shape index (κ2) is 13.7. The van der Waals surface area contributed by atoms with E-state index in [-0.39, 0.29) is 19.1 Å². The molecule has 38 heavy (non-hydrogen) atoms. The van der Waals surface area contributed by atoms with Gasteiger partial charge in [0.05, 0.1) is 13.2 Å². The Morgan fingerprint density at radius 3 is 1.58 bits per heavy atom. The summed E-state index contributed by atoms with van der Waals surface area (Å²) in [5.74, 6) is -0.00690. The molecule has 0 aliphatic rings. The van der Waals surface area contributed by atoms with Gasteiger partial charge < -0.3 is 25.7 Å². The highest BCUT2D eigenvalue weighted by Gasteiger charge is 2.23. The first-order valence-electron chi connectivity index (χ1n) is 14.2. The SMILES string of the molecule is CCc1ccc(C(c2ccc(N(CC)CCO)c(C)c2)c2ccc(N(CC)CCO)c(C)c2)c(N)c1CC. The minimum Gasteiger partial charge on any atom is -0.398 e. The van der Waals surface area contributed by atoms with Crippen LogP contribution in [0.3, 0.4) is 0 Å². The van der Waals surface area contributed by atoms with E-state index in [1.54, 1.807) is 0 Å². The van der Waals surface area contributed by atoms with Crippen molar-refractivity contribution < 1.29 is 10.2 Å². The first-order valence-corrected chi connectivity index (χ1v) is 14.2. The smallest absolute Gasteiger partial charge is 0.0606 e. The number of nitrogen functional groups attached to an aromatic ring is 1. The molecule has 5 heteroatoms. The summed E-state index contributed by atoms with van der Waals surface area (Å²) in [6.07, 6.45) is 1.88. The summed E-state index contributed by atoms with van der Waals surface area (Å²) in [6, 6.07) is 17.9. The van der Waals surface area contributed by atoms with Gasteiger partial charge in [0.25, 0.3) is 0 Å². The van der Waals surface area contributed by atoms with E-state index in [0.717, 1.165) is 48.6 Å². The van der Waals surface area contributed by atoms with Gasteiger partial charge in [-0.3, -0.25) is 0 Å². The Labute approximate surface area is 229 Å². The van der Waals surface area contributed by atoms with Crippen molar-refractivity contribution in [1.29, 1.82) is 0 Å². The number of hydrogen-bond donors (Lipinski definition) is 3. The lowest BCUT2D eigenvalue weighted by atomic mass is 9.81. The van der Waals surface area contributed by atoms with E-state index in [0.29, 0.717) is 13.1 Å². The van der Waals surface area contributed by atoms with Crippen molar-refractivity contribution in [3.63, 3.8) is 0 Å². The largest absolute Gasteiger partial charge is 0.398 e. The molecule has 0 spiro atoms. The fourth-order valence-electron chi connectivity index (χ4n) is 5.85. The third kappa shape index (κ3) is 6.16. The minimum absolute atomic E-state index is 0.00690. The lowest BCUT2D eigenvalue weighted by molar-refractivity contribution is 0.302. The van der Waals surface area contributed by atoms with Crippen LogP contribution < -0.4 is 15.5 Å². The van der Waals surface area contributed by atoms with Gasteiger partial charge in [-0.15, -0.1) is 0 Å². The van der Waals surface area contributed by atoms with Crippen molar-refractivity contribution in [2.75, 3.05) is 54.9 Å². The van der Waals surface area contributed by atoms with Crippen molar-refractivity contribution in [3.05, 3.63) is 87.5 Å². The minimum atomic E-state index is -0.00690. The Kier molecular flexibility index (Phi) is 10.6. The standard InChI is InChI=1S/C33H47N3O2/c1-7-25-11-14-29(33(34)28(25)8-2)32(26-12-15-30(23(5)21-26)35(9-3)17-19-37)27-13-16-31(24(6)22-27)36(10-4)18-20-38/h11-16,21-22,32,37-38H,7-10,17-20,34H2,1-6H3. The molecule has 0 amide bonds. The van der Waals surface area contributed by atoms with Crippen molar-refractivity contribution in [2.45, 2.75) is 60.3 Å². The summed E-state index contributed by atoms with van der Waals surface area (Å²) in [4.78, 5) is 4.43. The molecule has 3 aromatic rings. The van der Waals surface area contributed by atoms with Crippen molar-refractivity contribution in [1.82, 2.24) is 0 Å². The number of aliphatic hydroxyl groups is 2. The maximum absolute atomic E-state index is 9.55. The normalized spacial score (nSPS) is 11.3. The highest BCUT2D eigenvalue weighted by Crippen LogP contribution is 2.40. The summed E-state index contributed by atoms with van der Waals surface area (Å²) in [7, 11) is 0. The predicted octanol–water partition coefficient (Wildman–Crippen LogP) is 5.83. The van der Waals surface area contributed by atoms with E-state index in [9.17, 15) is 10.2 Å². The van der Waals surface area contributed by atoms with E-state index in [1.807, 2.05) is 0 Å². The Bertz CT molecular complexity index is 1140. The maximum atomic E-state index is 9.55. The number of nitrogens with zero attached hydrogens (tertiary/aromatic N) is 2. The Morgan fingerprint density at radius 2 is 1.21 bits per heavy atom. The van der Waals surface area contributed by atoms with Crippen LogP contribution in [0.1, 0.15) is 72.6 Å². The second-order valence-corrected chi connectivity index (χ2v) is 10.0. The molecule has 4 N–H and O–H groups in total. The van der Waals surface area contributed by atoms with Crippen LogP contribution in [0.25, 0.3) is 0 Å². The van der Waals surface area contributed by atoms with Gasteiger partial charge in [-0.1, -0.05) is 50.2 Å². The van der Waals surface area contributed by atoms with E-state index >= 15 is 0 Å². The van der Waals surface area contributed by atoms with Crippen molar-refractivity contribution >= 4 is 17.1 Å². The van der Waals surface area contributed by atoms with Crippen LogP contribution in [0.4, 0.5) is 17.1 Å². The molecule has 0 heterocycles. The zero-order chi connectivity index (χ0) is 27.8. The van der Waals surface area contributed by atoms with E-state index < -0.39 is 0 Å². The highest BCUT2D eigenvalue weighted by atomic mass is 16.3. The topological polar surface area (TPSA) is 73.0 Å². The quantitative estimate of drug-likeness (QED) is 0.197. The fraction of sp³-hybridized carbons (Fsp3) is 0.455. The van der Waals surface area contributed by atoms with Crippen LogP contribution in [-0.2, 0) is 12.8 Å². The van der Waals surface area contributed by atoms with Gasteiger partial charge in [-0.05, 0) is 91.6 Å². The lowest BCUT2D eigenvalue weighted by Crippen LogP contribution is -2.27. The van der Waals surface area contributed by atoms with Gasteiger partial charge in [0.2, 0.25) is 0 Å². The molecule has 206 valence electrons. The van der Waals surface area contributed by atoms with Gasteiger partial charge in [-0.2, -0.15) is 0 Å². The van der Waals surface area contributed by atoms with Gasteiger partial charge in [0.15, 0.2) is 0 Å². The van der Waals surface area contributed by atoms with Crippen LogP contribution in [0.2, 0.25) is 0 Å². The molecule has 0 unspecified atom stereocenters. The van der Waals surface area contributed by atoms with Gasteiger partial charge in [0.1, 0.15) is 0 Å². The number of aryl methyl sites for hydroxylation is 3. The second-order valence-electron chi connectivity index (χ2n) is 10.0. The molecule has 5 nitrogen and oxygen atoms in total. The molecule has 0 radical (unpaired) electrons. The maximum Gasteiger partial charge on any atom is 0.0606 e. The molecule has 3 aromatic carbocycles. The Balaban J connectivity index is 2.21. The molecule has 0 bridgehead atoms. The third-order valence-corrected chi connectivity index (χ3v) is 7.83. The number of rotatable bonds is 13. The molecule has 0 aliphatic carbocycles. The molecular weight excluding hydrogens is 470 g/mol. The molecular formula is C33H47N3O2. The zero-order valence-corrected chi connectivity index (χ0v) is 24.2. The first-order chi connectivity index (χ1) is 18.3. The number of anilines is 3. The Hall–Kier alpha value is -3.02. The number of likely N-dealkylation sites (N-methyl/N-ethyl adjacent to an activating group) is 2. The number of nitrogens with two attached hydrogens (primary N) is 1. The third-order valence-electron chi connectivity index (χ3n) is 7.83. The summed E-state index contributed by atoms with van der Waals surface area (Å²) in [5, 5.41) is 19.1. The van der Waals surface area contributed by atoms with Gasteiger partial charge in [0, 0.05) is 49.2 Å². The van der Waals surface area contributed by atoms with Crippen molar-refractivity contribution in [2.24, 2.45) is 0 Å². The fourth-order valence-corrected chi connectivity index (χ4v) is 5.85. The molecule has 0 saturated carbocycles. The van der Waals surface area contributed by atoms with Crippen LogP contribution in [-0.4, -0.2) is 49.6 Å². The molecule has 0 saturated heterocycles. The summed E-state index contributed by atoms with van der Waals surface area (Å²) < 4.78 is 0. The van der Waals surface area contributed by atoms with E-state index in [1.165, 1.54) is 33.4 Å². The zero-order valence-electron chi connectivity index (χ0n) is 24.2. The van der Waals surface area contributed by atoms with Crippen molar-refractivity contribution in [3.8, 4) is 0 Å². The van der Waals surface area contributed by atoms with Crippen LogP contribution in [0, 0.1) is 13.8 Å². The molecule has 0 fully saturated rings. The summed E-state index contributed by atoms with van der Waals surface area (Å²) in [6.45, 7) is 16.1. The lowest BCUT2D eigenvalue weighted by Gasteiger charge is -2.28. The molecule has 0 aromatic heterocycles. The van der Waals surface area contributed by atoms with Crippen LogP contribution >= 0.6 is 0 Å². The summed E-state index contributed by atoms with van der Waals surface area (Å²) >= 11 is 0. The number of aliphatic hydroxyl groups excluding tert-OH is 2.